The fraction of sp³-hybridized carbons (Fsp3) is 1.00. The van der Waals surface area contributed by atoms with E-state index in [2.05, 4.69) is 21.4 Å². The first-order valence-corrected chi connectivity index (χ1v) is 2.18. The molecular weight excluding hydrogens is 97.0 g/mol. The van der Waals surface area contributed by atoms with E-state index in [0.717, 1.165) is 6.04 Å². The monoisotopic (exact) mass is 104 g/mol. The first kappa shape index (κ1) is 6.06. The van der Waals surface area contributed by atoms with Crippen LogP contribution in [-0.2, 0) is 4.57 Å². The normalized spacial score (nSPS) is 27.2. The van der Waals surface area contributed by atoms with Crippen molar-refractivity contribution in [3.8, 4) is 0 Å². The van der Waals surface area contributed by atoms with Crippen molar-refractivity contribution >= 4 is 9.12 Å². The van der Waals surface area contributed by atoms with Crippen LogP contribution in [0.5, 0.6) is 0 Å². The Morgan fingerprint density at radius 1 is 1.83 bits per heavy atom. The fourth-order valence-corrected chi connectivity index (χ4v) is 0.118. The SMILES string of the molecule is CC1CN1.O=[P]. The molecule has 1 atom stereocenters. The van der Waals surface area contributed by atoms with Crippen molar-refractivity contribution in [1.82, 2.24) is 5.32 Å². The van der Waals surface area contributed by atoms with E-state index >= 15 is 0 Å². The number of rotatable bonds is 0. The van der Waals surface area contributed by atoms with Crippen molar-refractivity contribution in [3.05, 3.63) is 0 Å². The highest BCUT2D eigenvalue weighted by Gasteiger charge is 2.10. The second kappa shape index (κ2) is 3.26. The topological polar surface area (TPSA) is 39.0 Å². The summed E-state index contributed by atoms with van der Waals surface area (Å²) in [5, 5.41) is 3.10. The van der Waals surface area contributed by atoms with Gasteiger partial charge >= 0.3 is 0 Å². The molecule has 1 heterocycles. The maximum absolute atomic E-state index is 7.94. The van der Waals surface area contributed by atoms with Gasteiger partial charge in [-0.3, -0.25) is 4.57 Å². The molecule has 0 aliphatic carbocycles. The molecule has 2 nitrogen and oxygen atoms in total. The van der Waals surface area contributed by atoms with Gasteiger partial charge in [-0.1, -0.05) is 0 Å². The summed E-state index contributed by atoms with van der Waals surface area (Å²) in [5.41, 5.74) is 0. The number of hydrogen-bond donors (Lipinski definition) is 1. The molecule has 1 saturated heterocycles. The van der Waals surface area contributed by atoms with E-state index in [1.165, 1.54) is 6.54 Å². The van der Waals surface area contributed by atoms with E-state index in [9.17, 15) is 0 Å². The van der Waals surface area contributed by atoms with E-state index in [4.69, 9.17) is 4.57 Å². The molecule has 0 aromatic heterocycles. The van der Waals surface area contributed by atoms with Crippen molar-refractivity contribution < 1.29 is 4.57 Å². The van der Waals surface area contributed by atoms with Crippen molar-refractivity contribution in [2.45, 2.75) is 13.0 Å². The number of nitrogens with one attached hydrogen (secondary N) is 1. The molecule has 1 fully saturated rings. The molecule has 1 aliphatic rings. The van der Waals surface area contributed by atoms with Gasteiger partial charge in [-0.05, 0) is 6.92 Å². The molecule has 1 rings (SSSR count). The summed E-state index contributed by atoms with van der Waals surface area (Å²) in [6, 6.07) is 0.833. The van der Waals surface area contributed by atoms with Gasteiger partial charge in [-0.15, -0.1) is 0 Å². The zero-order valence-electron chi connectivity index (χ0n) is 3.64. The zero-order chi connectivity index (χ0) is 4.99. The highest BCUT2D eigenvalue weighted by atomic mass is 31.0. The van der Waals surface area contributed by atoms with Crippen LogP contribution in [0.2, 0.25) is 0 Å². The van der Waals surface area contributed by atoms with Gasteiger partial charge in [0.25, 0.3) is 9.12 Å². The predicted molar refractivity (Wildman–Crippen MR) is 25.1 cm³/mol. The molecule has 0 saturated carbocycles. The Morgan fingerprint density at radius 2 is 2.00 bits per heavy atom. The lowest BCUT2D eigenvalue weighted by Crippen LogP contribution is -1.72. The van der Waals surface area contributed by atoms with Gasteiger partial charge in [0.2, 0.25) is 0 Å². The van der Waals surface area contributed by atoms with Gasteiger partial charge in [0.1, 0.15) is 0 Å². The molecule has 6 heavy (non-hydrogen) atoms. The predicted octanol–water partition coefficient (Wildman–Crippen LogP) is 0.720. The van der Waals surface area contributed by atoms with Crippen molar-refractivity contribution in [1.29, 1.82) is 0 Å². The van der Waals surface area contributed by atoms with E-state index in [1.54, 1.807) is 0 Å². The third-order valence-electron chi connectivity index (χ3n) is 0.612. The Labute approximate surface area is 39.6 Å². The van der Waals surface area contributed by atoms with Crippen LogP contribution in [0.15, 0.2) is 0 Å². The summed E-state index contributed by atoms with van der Waals surface area (Å²) in [4.78, 5) is 0. The molecule has 3 heteroatoms. The Balaban J connectivity index is 0.000000112. The van der Waals surface area contributed by atoms with Gasteiger partial charge in [-0.2, -0.15) is 0 Å². The average Bonchev–Trinajstić information content (AvgIpc) is 2.30. The third kappa shape index (κ3) is 4.06. The molecule has 35 valence electrons. The zero-order valence-corrected chi connectivity index (χ0v) is 4.53. The molecule has 0 aromatic rings. The smallest absolute Gasteiger partial charge is 0.261 e. The highest BCUT2D eigenvalue weighted by Crippen LogP contribution is 1.88. The summed E-state index contributed by atoms with van der Waals surface area (Å²) >= 11 is 0. The average molecular weight is 104 g/mol. The summed E-state index contributed by atoms with van der Waals surface area (Å²) in [5.74, 6) is 0. The molecule has 1 N–H and O–H groups in total. The van der Waals surface area contributed by atoms with Gasteiger partial charge in [-0.25, -0.2) is 0 Å². The Morgan fingerprint density at radius 3 is 2.00 bits per heavy atom. The minimum Gasteiger partial charge on any atom is -0.311 e. The van der Waals surface area contributed by atoms with Crippen LogP contribution in [-0.4, -0.2) is 12.6 Å². The summed E-state index contributed by atoms with van der Waals surface area (Å²) in [6.07, 6.45) is 0. The summed E-state index contributed by atoms with van der Waals surface area (Å²) in [7, 11) is 2.28. The molecule has 1 aliphatic heterocycles. The quantitative estimate of drug-likeness (QED) is 0.363. The van der Waals surface area contributed by atoms with Crippen molar-refractivity contribution in [2.24, 2.45) is 0 Å². The molecule has 0 aromatic carbocycles. The van der Waals surface area contributed by atoms with Crippen LogP contribution in [0, 0.1) is 0 Å². The molecule has 0 amide bonds. The second-order valence-corrected chi connectivity index (χ2v) is 1.31. The third-order valence-corrected chi connectivity index (χ3v) is 0.612. The van der Waals surface area contributed by atoms with Crippen LogP contribution >= 0.6 is 9.12 Å². The lowest BCUT2D eigenvalue weighted by Gasteiger charge is -1.53. The number of hydrogen-bond acceptors (Lipinski definition) is 2. The fourth-order valence-electron chi connectivity index (χ4n) is 0.118. The Hall–Kier alpha value is 0.0600. The van der Waals surface area contributed by atoms with Gasteiger partial charge in [0.15, 0.2) is 0 Å². The maximum atomic E-state index is 7.94. The van der Waals surface area contributed by atoms with Crippen LogP contribution in [0.3, 0.4) is 0 Å². The lowest BCUT2D eigenvalue weighted by molar-refractivity contribution is 0.607. The first-order valence-electron chi connectivity index (χ1n) is 1.81. The van der Waals surface area contributed by atoms with E-state index in [1.807, 2.05) is 0 Å². The summed E-state index contributed by atoms with van der Waals surface area (Å²) in [6.45, 7) is 3.40. The van der Waals surface area contributed by atoms with Crippen molar-refractivity contribution in [2.75, 3.05) is 6.54 Å². The minimum atomic E-state index is 0.833. The second-order valence-electron chi connectivity index (χ2n) is 1.31. The molecule has 0 spiro atoms. The van der Waals surface area contributed by atoms with Gasteiger partial charge in [0.05, 0.1) is 0 Å². The van der Waals surface area contributed by atoms with E-state index in [-0.39, 0.29) is 0 Å². The first-order chi connectivity index (χ1) is 2.89. The standard InChI is InChI=1S/C3H7N.OP/c1-3-2-4-3;1-2/h3-4H,2H2,1H3;. The Bertz CT molecular complexity index is 37.8. The molecule has 0 bridgehead atoms. The molecular formula is C3H7NOP. The lowest BCUT2D eigenvalue weighted by atomic mass is 10.6. The van der Waals surface area contributed by atoms with Crippen LogP contribution in [0.25, 0.3) is 0 Å². The van der Waals surface area contributed by atoms with Gasteiger partial charge < -0.3 is 5.32 Å². The minimum absolute atomic E-state index is 0.833. The largest absolute Gasteiger partial charge is 0.311 e. The van der Waals surface area contributed by atoms with Crippen LogP contribution in [0.1, 0.15) is 6.92 Å². The van der Waals surface area contributed by atoms with E-state index < -0.39 is 0 Å². The van der Waals surface area contributed by atoms with E-state index in [0.29, 0.717) is 0 Å². The highest BCUT2D eigenvalue weighted by molar-refractivity contribution is 7.00. The maximum Gasteiger partial charge on any atom is 0.261 e. The van der Waals surface area contributed by atoms with Gasteiger partial charge in [0, 0.05) is 12.6 Å². The Kier molecular flexibility index (Phi) is 3.29. The molecule has 1 radical (unpaired) electrons. The summed E-state index contributed by atoms with van der Waals surface area (Å²) < 4.78 is 7.94. The van der Waals surface area contributed by atoms with Crippen LogP contribution < -0.4 is 5.32 Å². The van der Waals surface area contributed by atoms with Crippen molar-refractivity contribution in [3.63, 3.8) is 0 Å². The molecule has 1 unspecified atom stereocenters. The van der Waals surface area contributed by atoms with Crippen LogP contribution in [0.4, 0.5) is 0 Å².